The lowest BCUT2D eigenvalue weighted by atomic mass is 9.87. The molecule has 1 aliphatic rings. The van der Waals surface area contributed by atoms with Gasteiger partial charge in [-0.25, -0.2) is 9.78 Å². The van der Waals surface area contributed by atoms with Crippen LogP contribution in [0.1, 0.15) is 66.0 Å². The predicted octanol–water partition coefficient (Wildman–Crippen LogP) is 6.48. The summed E-state index contributed by atoms with van der Waals surface area (Å²) in [6.45, 7) is 4.01. The first kappa shape index (κ1) is 18.5. The molecule has 0 aliphatic heterocycles. The van der Waals surface area contributed by atoms with E-state index >= 15 is 0 Å². The summed E-state index contributed by atoms with van der Waals surface area (Å²) in [6.07, 6.45) is 6.28. The van der Waals surface area contributed by atoms with Crippen LogP contribution in [0.15, 0.2) is 18.2 Å². The molecule has 0 bridgehead atoms. The monoisotopic (exact) mass is 402 g/mol. The summed E-state index contributed by atoms with van der Waals surface area (Å²) in [6, 6.07) is 6.17. The van der Waals surface area contributed by atoms with Crippen molar-refractivity contribution in [2.45, 2.75) is 51.9 Å². The maximum absolute atomic E-state index is 12.1. The lowest BCUT2D eigenvalue weighted by Crippen LogP contribution is -2.05. The summed E-state index contributed by atoms with van der Waals surface area (Å²) in [5, 5.41) is 2.67. The van der Waals surface area contributed by atoms with Gasteiger partial charge in [0.1, 0.15) is 9.88 Å². The Morgan fingerprint density at radius 2 is 2.11 bits per heavy atom. The smallest absolute Gasteiger partial charge is 0.350 e. The Labute approximate surface area is 167 Å². The first-order chi connectivity index (χ1) is 13.1. The second kappa shape index (κ2) is 7.64. The first-order valence-electron chi connectivity index (χ1n) is 9.54. The molecule has 0 atom stereocenters. The maximum Gasteiger partial charge on any atom is 0.350 e. The van der Waals surface area contributed by atoms with E-state index in [0.717, 1.165) is 26.5 Å². The van der Waals surface area contributed by atoms with Crippen LogP contribution >= 0.6 is 22.9 Å². The van der Waals surface area contributed by atoms with Crippen molar-refractivity contribution in [3.8, 4) is 10.6 Å². The summed E-state index contributed by atoms with van der Waals surface area (Å²) in [5.41, 5.74) is 3.91. The number of rotatable bonds is 4. The molecule has 1 aliphatic carbocycles. The highest BCUT2D eigenvalue weighted by Gasteiger charge is 2.22. The molecule has 6 heteroatoms. The van der Waals surface area contributed by atoms with Crippen molar-refractivity contribution >= 4 is 39.8 Å². The van der Waals surface area contributed by atoms with E-state index < -0.39 is 0 Å². The average molecular weight is 403 g/mol. The molecule has 1 N–H and O–H groups in total. The van der Waals surface area contributed by atoms with Gasteiger partial charge in [-0.3, -0.25) is 0 Å². The number of halogens is 1. The van der Waals surface area contributed by atoms with Crippen LogP contribution in [0.25, 0.3) is 21.5 Å². The largest absolute Gasteiger partial charge is 0.462 e. The quantitative estimate of drug-likeness (QED) is 0.508. The van der Waals surface area contributed by atoms with Crippen molar-refractivity contribution in [1.29, 1.82) is 0 Å². The Hall–Kier alpha value is -1.85. The molecular formula is C21H23ClN2O2S. The number of esters is 1. The summed E-state index contributed by atoms with van der Waals surface area (Å²) < 4.78 is 5.12. The van der Waals surface area contributed by atoms with Gasteiger partial charge in [0, 0.05) is 28.1 Å². The fourth-order valence-corrected chi connectivity index (χ4v) is 5.21. The Morgan fingerprint density at radius 3 is 2.85 bits per heavy atom. The molecule has 2 aromatic heterocycles. The van der Waals surface area contributed by atoms with Gasteiger partial charge in [0.2, 0.25) is 0 Å². The molecule has 142 valence electrons. The zero-order chi connectivity index (χ0) is 19.0. The van der Waals surface area contributed by atoms with Crippen LogP contribution in [-0.4, -0.2) is 22.5 Å². The van der Waals surface area contributed by atoms with Crippen LogP contribution in [0.4, 0.5) is 0 Å². The normalized spacial score (nSPS) is 15.4. The van der Waals surface area contributed by atoms with Gasteiger partial charge in [0.05, 0.1) is 17.3 Å². The van der Waals surface area contributed by atoms with Crippen molar-refractivity contribution in [1.82, 2.24) is 9.97 Å². The molecule has 1 fully saturated rings. The van der Waals surface area contributed by atoms with Crippen LogP contribution in [0.2, 0.25) is 5.02 Å². The van der Waals surface area contributed by atoms with Crippen molar-refractivity contribution in [2.75, 3.05) is 6.61 Å². The Kier molecular flexibility index (Phi) is 5.24. The van der Waals surface area contributed by atoms with Gasteiger partial charge in [-0.2, -0.15) is 0 Å². The molecular weight excluding hydrogens is 380 g/mol. The number of aryl methyl sites for hydroxylation is 1. The van der Waals surface area contributed by atoms with E-state index in [1.165, 1.54) is 49.1 Å². The van der Waals surface area contributed by atoms with Gasteiger partial charge in [0.25, 0.3) is 0 Å². The molecule has 0 amide bonds. The van der Waals surface area contributed by atoms with Crippen molar-refractivity contribution in [3.05, 3.63) is 39.5 Å². The number of hydrogen-bond acceptors (Lipinski definition) is 4. The Morgan fingerprint density at radius 1 is 1.33 bits per heavy atom. The number of aromatic amines is 1. The van der Waals surface area contributed by atoms with Crippen molar-refractivity contribution < 1.29 is 9.53 Å². The van der Waals surface area contributed by atoms with Gasteiger partial charge in [-0.15, -0.1) is 11.3 Å². The highest BCUT2D eigenvalue weighted by molar-refractivity contribution is 7.17. The number of nitrogens with one attached hydrogen (secondary N) is 1. The molecule has 4 rings (SSSR count). The molecule has 0 spiro atoms. The summed E-state index contributed by atoms with van der Waals surface area (Å²) >= 11 is 8.13. The molecule has 0 radical (unpaired) electrons. The number of fused-ring (bicyclic) bond motifs is 1. The molecule has 2 heterocycles. The molecule has 27 heavy (non-hydrogen) atoms. The second-order valence-electron chi connectivity index (χ2n) is 7.10. The van der Waals surface area contributed by atoms with E-state index in [2.05, 4.69) is 22.1 Å². The zero-order valence-electron chi connectivity index (χ0n) is 15.6. The van der Waals surface area contributed by atoms with E-state index in [1.54, 1.807) is 6.92 Å². The van der Waals surface area contributed by atoms with Gasteiger partial charge in [-0.05, 0) is 44.9 Å². The van der Waals surface area contributed by atoms with Gasteiger partial charge in [-0.1, -0.05) is 30.9 Å². The number of thiazole rings is 1. The fraction of sp³-hybridized carbons (Fsp3) is 0.429. The van der Waals surface area contributed by atoms with E-state index in [-0.39, 0.29) is 5.97 Å². The van der Waals surface area contributed by atoms with Crippen LogP contribution < -0.4 is 0 Å². The lowest BCUT2D eigenvalue weighted by molar-refractivity contribution is 0.0531. The summed E-state index contributed by atoms with van der Waals surface area (Å²) in [7, 11) is 0. The Balaban J connectivity index is 1.70. The third kappa shape index (κ3) is 3.50. The number of ether oxygens (including phenoxy) is 1. The summed E-state index contributed by atoms with van der Waals surface area (Å²) in [4.78, 5) is 20.8. The highest BCUT2D eigenvalue weighted by atomic mass is 35.5. The van der Waals surface area contributed by atoms with Crippen LogP contribution in [0.3, 0.4) is 0 Å². The van der Waals surface area contributed by atoms with Gasteiger partial charge >= 0.3 is 5.97 Å². The predicted molar refractivity (Wildman–Crippen MR) is 111 cm³/mol. The number of nitrogens with zero attached hydrogens (tertiary/aromatic N) is 1. The summed E-state index contributed by atoms with van der Waals surface area (Å²) in [5.74, 6) is 0.221. The van der Waals surface area contributed by atoms with Crippen LogP contribution in [-0.2, 0) is 4.74 Å². The number of carbonyl (C=O) groups is 1. The third-order valence-electron chi connectivity index (χ3n) is 5.28. The van der Waals surface area contributed by atoms with Gasteiger partial charge in [0.15, 0.2) is 0 Å². The number of carbonyl (C=O) groups excluding carboxylic acids is 1. The molecule has 1 saturated carbocycles. The minimum atomic E-state index is -0.306. The van der Waals surface area contributed by atoms with E-state index in [9.17, 15) is 4.79 Å². The minimum absolute atomic E-state index is 0.306. The number of aromatic nitrogens is 2. The van der Waals surface area contributed by atoms with E-state index in [1.807, 2.05) is 13.0 Å². The van der Waals surface area contributed by atoms with Crippen molar-refractivity contribution in [3.63, 3.8) is 0 Å². The fourth-order valence-electron chi connectivity index (χ4n) is 3.89. The van der Waals surface area contributed by atoms with Crippen LogP contribution in [0.5, 0.6) is 0 Å². The highest BCUT2D eigenvalue weighted by Crippen LogP contribution is 2.40. The molecule has 4 nitrogen and oxygen atoms in total. The Bertz CT molecular complexity index is 986. The SMILES string of the molecule is CCOC(=O)c1sc(-c2ccc3[nH]c(C4CCCCC4)c(Cl)c3c2)nc1C. The topological polar surface area (TPSA) is 55.0 Å². The average Bonchev–Trinajstić information content (AvgIpc) is 3.23. The van der Waals surface area contributed by atoms with Gasteiger partial charge < -0.3 is 9.72 Å². The van der Waals surface area contributed by atoms with E-state index in [4.69, 9.17) is 16.3 Å². The molecule has 1 aromatic carbocycles. The van der Waals surface area contributed by atoms with Crippen molar-refractivity contribution in [2.24, 2.45) is 0 Å². The number of benzene rings is 1. The first-order valence-corrected chi connectivity index (χ1v) is 10.7. The number of H-pyrrole nitrogens is 1. The van der Waals surface area contributed by atoms with E-state index in [0.29, 0.717) is 23.1 Å². The van der Waals surface area contributed by atoms with Crippen LogP contribution in [0, 0.1) is 6.92 Å². The molecule has 0 saturated heterocycles. The standard InChI is InChI=1S/C21H23ClN2O2S/c1-3-26-21(25)19-12(2)23-20(27-19)14-9-10-16-15(11-14)17(22)18(24-16)13-7-5-4-6-8-13/h9-11,13,24H,3-8H2,1-2H3. The second-order valence-corrected chi connectivity index (χ2v) is 8.48. The molecule has 0 unspecified atom stereocenters. The molecule has 3 aromatic rings. The zero-order valence-corrected chi connectivity index (χ0v) is 17.2. The maximum atomic E-state index is 12.1. The lowest BCUT2D eigenvalue weighted by Gasteiger charge is -2.20. The number of hydrogen-bond donors (Lipinski definition) is 1. The minimum Gasteiger partial charge on any atom is -0.462 e. The third-order valence-corrected chi connectivity index (χ3v) is 6.87.